The van der Waals surface area contributed by atoms with Gasteiger partial charge in [0.15, 0.2) is 6.10 Å². The lowest BCUT2D eigenvalue weighted by Gasteiger charge is -2.18. The van der Waals surface area contributed by atoms with E-state index in [9.17, 15) is 14.4 Å². The molecule has 0 aliphatic carbocycles. The Hall–Kier alpha value is -3.67. The standard InChI is InChI=1S/C66H112O6/c1-4-7-10-13-16-19-21-23-25-26-27-28-29-30-31-32-33-34-35-36-37-38-39-40-42-43-45-47-50-53-56-59-65(68)71-62-63(61-70-64(67)58-55-52-49-18-15-12-9-6-3)72-66(69)60-57-54-51-48-46-44-41-24-22-20-17-14-11-8-5-2/h7-8,10-11,16-17,19-20,23-25,27-28,41,46,48,63H,4-6,9,12-15,18,21-22,26,29-40,42-45,47,49-62H2,1-3H3/b10-7-,11-8-,19-16-,20-17-,25-23-,28-27-,41-24-,48-46-. The molecular weight excluding hydrogens is 889 g/mol. The maximum Gasteiger partial charge on any atom is 0.306 e. The summed E-state index contributed by atoms with van der Waals surface area (Å²) in [6, 6.07) is 0. The van der Waals surface area contributed by atoms with Gasteiger partial charge in [0.25, 0.3) is 0 Å². The fraction of sp³-hybridized carbons (Fsp3) is 0.712. The third-order valence-corrected chi connectivity index (χ3v) is 12.8. The topological polar surface area (TPSA) is 78.9 Å². The van der Waals surface area contributed by atoms with Crippen LogP contribution in [0, 0.1) is 0 Å². The number of allylic oxidation sites excluding steroid dienone is 16. The van der Waals surface area contributed by atoms with Crippen LogP contribution < -0.4 is 0 Å². The van der Waals surface area contributed by atoms with E-state index in [0.717, 1.165) is 103 Å². The van der Waals surface area contributed by atoms with Gasteiger partial charge in [-0.3, -0.25) is 14.4 Å². The van der Waals surface area contributed by atoms with Crippen LogP contribution in [0.1, 0.15) is 284 Å². The summed E-state index contributed by atoms with van der Waals surface area (Å²) in [6.07, 6.45) is 80.2. The largest absolute Gasteiger partial charge is 0.462 e. The minimum absolute atomic E-state index is 0.0911. The summed E-state index contributed by atoms with van der Waals surface area (Å²) in [5.41, 5.74) is 0. The molecule has 0 N–H and O–H groups in total. The minimum atomic E-state index is -0.795. The van der Waals surface area contributed by atoms with Crippen molar-refractivity contribution in [3.05, 3.63) is 97.2 Å². The maximum atomic E-state index is 12.8. The van der Waals surface area contributed by atoms with Gasteiger partial charge in [0.2, 0.25) is 0 Å². The second-order valence-corrected chi connectivity index (χ2v) is 19.9. The van der Waals surface area contributed by atoms with Crippen molar-refractivity contribution in [2.24, 2.45) is 0 Å². The van der Waals surface area contributed by atoms with Gasteiger partial charge < -0.3 is 14.2 Å². The quantitative estimate of drug-likeness (QED) is 0.0261. The first-order chi connectivity index (χ1) is 35.5. The van der Waals surface area contributed by atoms with E-state index >= 15 is 0 Å². The highest BCUT2D eigenvalue weighted by Gasteiger charge is 2.19. The average molecular weight is 1000 g/mol. The van der Waals surface area contributed by atoms with Gasteiger partial charge in [-0.1, -0.05) is 266 Å². The molecule has 0 fully saturated rings. The van der Waals surface area contributed by atoms with Crippen LogP contribution in [0.2, 0.25) is 0 Å². The summed E-state index contributed by atoms with van der Waals surface area (Å²) in [7, 11) is 0. The second kappa shape index (κ2) is 59.9. The Kier molecular flexibility index (Phi) is 56.8. The van der Waals surface area contributed by atoms with Crippen LogP contribution in [0.15, 0.2) is 97.2 Å². The highest BCUT2D eigenvalue weighted by Crippen LogP contribution is 2.16. The fourth-order valence-electron chi connectivity index (χ4n) is 8.37. The van der Waals surface area contributed by atoms with Crippen molar-refractivity contribution in [2.45, 2.75) is 290 Å². The molecule has 6 nitrogen and oxygen atoms in total. The first-order valence-electron chi connectivity index (χ1n) is 30.2. The molecule has 0 radical (unpaired) electrons. The first-order valence-corrected chi connectivity index (χ1v) is 30.2. The molecule has 0 amide bonds. The van der Waals surface area contributed by atoms with Gasteiger partial charge >= 0.3 is 17.9 Å². The minimum Gasteiger partial charge on any atom is -0.462 e. The Morgan fingerprint density at radius 3 is 0.875 bits per heavy atom. The van der Waals surface area contributed by atoms with Crippen molar-refractivity contribution in [1.29, 1.82) is 0 Å². The molecular formula is C66H112O6. The molecule has 0 heterocycles. The number of esters is 3. The lowest BCUT2D eigenvalue weighted by atomic mass is 10.0. The molecule has 0 aromatic carbocycles. The van der Waals surface area contributed by atoms with Gasteiger partial charge in [-0.2, -0.15) is 0 Å². The molecule has 0 aromatic heterocycles. The van der Waals surface area contributed by atoms with Gasteiger partial charge in [-0.25, -0.2) is 0 Å². The SMILES string of the molecule is CC/C=C\C/C=C\C/C=C\C/C=C\CCCCCCCCCCCCCCCCCCCCC(=O)OCC(COC(=O)CCCCCCCCCC)OC(=O)CCCC/C=C\C/C=C\C/C=C\C/C=C\CC. The van der Waals surface area contributed by atoms with Gasteiger partial charge in [0.1, 0.15) is 13.2 Å². The summed E-state index contributed by atoms with van der Waals surface area (Å²) < 4.78 is 16.8. The molecule has 72 heavy (non-hydrogen) atoms. The molecule has 6 heteroatoms. The van der Waals surface area contributed by atoms with Crippen LogP contribution in [0.25, 0.3) is 0 Å². The van der Waals surface area contributed by atoms with Crippen molar-refractivity contribution in [2.75, 3.05) is 13.2 Å². The van der Waals surface area contributed by atoms with Crippen molar-refractivity contribution >= 4 is 17.9 Å². The van der Waals surface area contributed by atoms with Gasteiger partial charge in [0, 0.05) is 19.3 Å². The van der Waals surface area contributed by atoms with E-state index in [2.05, 4.69) is 118 Å². The van der Waals surface area contributed by atoms with Crippen molar-refractivity contribution in [1.82, 2.24) is 0 Å². The molecule has 0 saturated carbocycles. The van der Waals surface area contributed by atoms with E-state index in [-0.39, 0.29) is 37.5 Å². The number of rotatable bonds is 54. The number of hydrogen-bond donors (Lipinski definition) is 0. The number of hydrogen-bond acceptors (Lipinski definition) is 6. The Bertz CT molecular complexity index is 1430. The van der Waals surface area contributed by atoms with E-state index in [1.54, 1.807) is 0 Å². The van der Waals surface area contributed by atoms with Gasteiger partial charge in [0.05, 0.1) is 0 Å². The molecule has 0 aliphatic heterocycles. The monoisotopic (exact) mass is 1000 g/mol. The second-order valence-electron chi connectivity index (χ2n) is 19.9. The summed E-state index contributed by atoms with van der Waals surface area (Å²) in [6.45, 7) is 6.36. The van der Waals surface area contributed by atoms with E-state index in [0.29, 0.717) is 19.3 Å². The predicted octanol–water partition coefficient (Wildman–Crippen LogP) is 20.5. The van der Waals surface area contributed by atoms with Gasteiger partial charge in [-0.05, 0) is 96.3 Å². The summed E-state index contributed by atoms with van der Waals surface area (Å²) in [4.78, 5) is 38.0. The molecule has 0 saturated heterocycles. The highest BCUT2D eigenvalue weighted by molar-refractivity contribution is 5.71. The zero-order valence-corrected chi connectivity index (χ0v) is 47.2. The van der Waals surface area contributed by atoms with E-state index < -0.39 is 6.10 Å². The Morgan fingerprint density at radius 1 is 0.292 bits per heavy atom. The average Bonchev–Trinajstić information content (AvgIpc) is 3.38. The van der Waals surface area contributed by atoms with Crippen LogP contribution in [-0.4, -0.2) is 37.2 Å². The van der Waals surface area contributed by atoms with Crippen LogP contribution >= 0.6 is 0 Å². The molecule has 1 unspecified atom stereocenters. The number of ether oxygens (including phenoxy) is 3. The van der Waals surface area contributed by atoms with Crippen LogP contribution in [0.4, 0.5) is 0 Å². The Morgan fingerprint density at radius 2 is 0.542 bits per heavy atom. The molecule has 412 valence electrons. The van der Waals surface area contributed by atoms with E-state index in [1.807, 2.05) is 0 Å². The normalized spacial score (nSPS) is 12.8. The number of carbonyl (C=O) groups is 3. The fourth-order valence-corrected chi connectivity index (χ4v) is 8.37. The lowest BCUT2D eigenvalue weighted by Crippen LogP contribution is -2.30. The molecule has 0 spiro atoms. The van der Waals surface area contributed by atoms with Crippen LogP contribution in [0.5, 0.6) is 0 Å². The smallest absolute Gasteiger partial charge is 0.306 e. The highest BCUT2D eigenvalue weighted by atomic mass is 16.6. The van der Waals surface area contributed by atoms with E-state index in [1.165, 1.54) is 135 Å². The maximum absolute atomic E-state index is 12.8. The number of carbonyl (C=O) groups excluding carboxylic acids is 3. The summed E-state index contributed by atoms with van der Waals surface area (Å²) in [5.74, 6) is -0.931. The molecule has 0 bridgehead atoms. The Labute approximate surface area is 445 Å². The molecule has 0 aliphatic rings. The van der Waals surface area contributed by atoms with Crippen molar-refractivity contribution < 1.29 is 28.6 Å². The van der Waals surface area contributed by atoms with Crippen LogP contribution in [-0.2, 0) is 28.6 Å². The lowest BCUT2D eigenvalue weighted by molar-refractivity contribution is -0.167. The molecule has 0 rings (SSSR count). The van der Waals surface area contributed by atoms with Crippen molar-refractivity contribution in [3.8, 4) is 0 Å². The third-order valence-electron chi connectivity index (χ3n) is 12.8. The third kappa shape index (κ3) is 57.2. The first kappa shape index (κ1) is 68.3. The predicted molar refractivity (Wildman–Crippen MR) is 311 cm³/mol. The zero-order chi connectivity index (χ0) is 52.2. The molecule has 0 aromatic rings. The molecule has 1 atom stereocenters. The van der Waals surface area contributed by atoms with E-state index in [4.69, 9.17) is 14.2 Å². The number of unbranched alkanes of at least 4 members (excludes halogenated alkanes) is 27. The Balaban J connectivity index is 4.10. The zero-order valence-electron chi connectivity index (χ0n) is 47.2. The van der Waals surface area contributed by atoms with Gasteiger partial charge in [-0.15, -0.1) is 0 Å². The van der Waals surface area contributed by atoms with Crippen molar-refractivity contribution in [3.63, 3.8) is 0 Å². The summed E-state index contributed by atoms with van der Waals surface area (Å²) in [5, 5.41) is 0. The van der Waals surface area contributed by atoms with Crippen LogP contribution in [0.3, 0.4) is 0 Å². The summed E-state index contributed by atoms with van der Waals surface area (Å²) >= 11 is 0.